The molecule has 520 valence electrons. The highest BCUT2D eigenvalue weighted by atomic mass is 32.1. The van der Waals surface area contributed by atoms with E-state index in [9.17, 15) is 32.8 Å². The molecule has 19 nitrogen and oxygen atoms in total. The molecule has 6 fully saturated rings. The predicted molar refractivity (Wildman–Crippen MR) is 370 cm³/mol. The molecule has 1 aromatic heterocycles. The molecule has 0 aliphatic carbocycles. The molecular weight excluding hydrogens is 1240 g/mol. The Bertz CT molecular complexity index is 3370. The Balaban J connectivity index is 0.000000146. The Morgan fingerprint density at radius 2 is 1.02 bits per heavy atom. The maximum atomic E-state index is 14.2. The highest BCUT2D eigenvalue weighted by Crippen LogP contribution is 2.51. The number of ether oxygens (including phenoxy) is 4. The van der Waals surface area contributed by atoms with Gasteiger partial charge in [-0.3, -0.25) is 14.5 Å². The van der Waals surface area contributed by atoms with Gasteiger partial charge in [-0.05, 0) is 187 Å². The van der Waals surface area contributed by atoms with Crippen LogP contribution in [-0.4, -0.2) is 242 Å². The second-order valence-corrected chi connectivity index (χ2v) is 28.8. The van der Waals surface area contributed by atoms with Crippen LogP contribution in [0.2, 0.25) is 0 Å². The average Bonchev–Trinajstić information content (AvgIpc) is 1.60. The summed E-state index contributed by atoms with van der Waals surface area (Å²) in [5.41, 5.74) is 6.52. The van der Waals surface area contributed by atoms with Crippen molar-refractivity contribution in [3.05, 3.63) is 111 Å². The summed E-state index contributed by atoms with van der Waals surface area (Å²) in [6, 6.07) is 23.8. The molecular formula is C74H100F2N10O9S. The first-order valence-electron chi connectivity index (χ1n) is 35.0. The van der Waals surface area contributed by atoms with Crippen LogP contribution in [0.25, 0.3) is 0 Å². The van der Waals surface area contributed by atoms with Gasteiger partial charge in [0.1, 0.15) is 18.2 Å². The molecule has 0 saturated carbocycles. The highest BCUT2D eigenvalue weighted by Gasteiger charge is 2.50. The first-order chi connectivity index (χ1) is 46.5. The van der Waals surface area contributed by atoms with Crippen LogP contribution < -0.4 is 14.7 Å². The lowest BCUT2D eigenvalue weighted by atomic mass is 9.74. The number of hydrogen-bond acceptors (Lipinski definition) is 14. The first-order valence-corrected chi connectivity index (χ1v) is 35.9. The fraction of sp³-hybridized carbons (Fsp3) is 0.608. The van der Waals surface area contributed by atoms with E-state index >= 15 is 0 Å². The number of methoxy groups -OCH3 is 2. The molecule has 3 aromatic carbocycles. The normalized spacial score (nSPS) is 21.0. The van der Waals surface area contributed by atoms with Crippen LogP contribution in [0, 0.1) is 23.5 Å². The number of carbonyl (C=O) groups excluding carboxylic acids is 5. The van der Waals surface area contributed by atoms with Crippen molar-refractivity contribution in [3.63, 3.8) is 0 Å². The third kappa shape index (κ3) is 15.7. The minimum absolute atomic E-state index is 0.0214. The smallest absolute Gasteiger partial charge is 0.410 e. The number of halogens is 2. The summed E-state index contributed by atoms with van der Waals surface area (Å²) in [5.74, 6) is 5.67. The molecule has 6 saturated heterocycles. The fourth-order valence-electron chi connectivity index (χ4n) is 16.8. The van der Waals surface area contributed by atoms with Crippen LogP contribution in [0.5, 0.6) is 0 Å². The SMILES string of the molecule is CCC#CCOC(=O)N1CCC(N2CCC3(CC2)CN(C(C)=O)c2ccccc23)CC1.CN(C)C(=O)N1CC2(CCN(C3CCN(C(=O)c4cccs4)CC3)CC2)c2cc(F)ccc21.COCCOC(=O)N1CCC(N2CCC3(CC2)CN(CCOC)c2ccc(F)cc23)CC1. The molecule has 4 aromatic rings. The zero-order valence-corrected chi connectivity index (χ0v) is 58.2. The minimum atomic E-state index is -0.242. The third-order valence-corrected chi connectivity index (χ3v) is 23.1. The van der Waals surface area contributed by atoms with E-state index in [1.165, 1.54) is 28.5 Å². The van der Waals surface area contributed by atoms with E-state index in [4.69, 9.17) is 18.9 Å². The molecule has 9 aliphatic heterocycles. The molecule has 96 heavy (non-hydrogen) atoms. The Kier molecular flexibility index (Phi) is 23.3. The van der Waals surface area contributed by atoms with E-state index in [0.29, 0.717) is 44.5 Å². The van der Waals surface area contributed by atoms with Crippen molar-refractivity contribution < 1.29 is 51.7 Å². The van der Waals surface area contributed by atoms with Crippen molar-refractivity contribution in [1.29, 1.82) is 0 Å². The van der Waals surface area contributed by atoms with Crippen molar-refractivity contribution in [2.24, 2.45) is 0 Å². The maximum absolute atomic E-state index is 14.2. The van der Waals surface area contributed by atoms with Crippen molar-refractivity contribution >= 4 is 58.4 Å². The van der Waals surface area contributed by atoms with Crippen LogP contribution in [0.15, 0.2) is 78.2 Å². The van der Waals surface area contributed by atoms with Crippen LogP contribution in [0.3, 0.4) is 0 Å². The number of para-hydroxylation sites is 1. The van der Waals surface area contributed by atoms with Crippen LogP contribution in [-0.2, 0) is 40.0 Å². The summed E-state index contributed by atoms with van der Waals surface area (Å²) in [4.78, 5) is 83.9. The van der Waals surface area contributed by atoms with E-state index in [1.807, 2.05) is 56.2 Å². The average molecular weight is 1340 g/mol. The summed E-state index contributed by atoms with van der Waals surface area (Å²) in [5, 5.41) is 1.95. The number of piperidine rings is 6. The summed E-state index contributed by atoms with van der Waals surface area (Å²) in [7, 11) is 6.84. The molecule has 22 heteroatoms. The van der Waals surface area contributed by atoms with E-state index < -0.39 is 0 Å². The number of urea groups is 1. The van der Waals surface area contributed by atoms with E-state index in [0.717, 1.165) is 209 Å². The monoisotopic (exact) mass is 1340 g/mol. The Morgan fingerprint density at radius 1 is 0.542 bits per heavy atom. The van der Waals surface area contributed by atoms with Crippen molar-refractivity contribution in [1.82, 2.24) is 34.3 Å². The number of amides is 6. The zero-order valence-electron chi connectivity index (χ0n) is 57.4. The van der Waals surface area contributed by atoms with Gasteiger partial charge in [-0.15, -0.1) is 17.3 Å². The molecule has 0 unspecified atom stereocenters. The first kappa shape index (κ1) is 70.4. The summed E-state index contributed by atoms with van der Waals surface area (Å²) in [6.07, 6.45) is 12.2. The standard InChI is InChI=1S/C25H31FN4O2S.C25H33N3O3.C24H36FN3O4/c1-27(2)24(32)30-17-25(20-16-18(26)5-6-21(20)30)9-13-28(14-10-25)19-7-11-29(12-8-19)23(31)22-4-3-15-33-22;1-3-4-7-18-31-24(30)27-14-10-21(11-15-27)26-16-12-25(13-17-26)19-28(20(2)29)23-9-6-5-8-22(23)25;1-30-14-13-28-18-24(21-17-19(25)3-4-22(21)28)7-11-26(12-8-24)20-5-9-27(10-6-20)23(29)32-16-15-31-2/h3-6,15-16,19H,7-14,17H2,1-2H3;5-6,8-9,21H,3,10-19H2,1-2H3;3-4,17,20H,5-16,18H2,1-2H3. The Labute approximate surface area is 570 Å². The minimum Gasteiger partial charge on any atom is -0.447 e. The summed E-state index contributed by atoms with van der Waals surface area (Å²) in [6.45, 7) is 18.9. The number of anilines is 3. The molecule has 10 heterocycles. The molecule has 0 radical (unpaired) electrons. The van der Waals surface area contributed by atoms with Crippen molar-refractivity contribution in [2.75, 3.05) is 174 Å². The predicted octanol–water partition coefficient (Wildman–Crippen LogP) is 10.3. The van der Waals surface area contributed by atoms with E-state index in [-0.39, 0.29) is 64.5 Å². The zero-order chi connectivity index (χ0) is 67.6. The van der Waals surface area contributed by atoms with Gasteiger partial charge in [0.25, 0.3) is 5.91 Å². The van der Waals surface area contributed by atoms with Gasteiger partial charge >= 0.3 is 18.2 Å². The van der Waals surface area contributed by atoms with Gasteiger partial charge in [0.15, 0.2) is 6.61 Å². The number of likely N-dealkylation sites (tertiary alicyclic amines) is 6. The van der Waals surface area contributed by atoms with Crippen LogP contribution in [0.1, 0.15) is 124 Å². The second kappa shape index (κ2) is 31.8. The molecule has 13 rings (SSSR count). The number of hydrogen-bond donors (Lipinski definition) is 0. The van der Waals surface area contributed by atoms with Crippen molar-refractivity contribution in [3.8, 4) is 11.8 Å². The number of benzene rings is 3. The fourth-order valence-corrected chi connectivity index (χ4v) is 17.5. The number of fused-ring (bicyclic) bond motifs is 6. The van der Waals surface area contributed by atoms with Crippen LogP contribution >= 0.6 is 11.3 Å². The number of rotatable bonds is 11. The van der Waals surface area contributed by atoms with E-state index in [1.54, 1.807) is 69.3 Å². The summed E-state index contributed by atoms with van der Waals surface area (Å²) >= 11 is 1.50. The van der Waals surface area contributed by atoms with Gasteiger partial charge in [0.2, 0.25) is 5.91 Å². The van der Waals surface area contributed by atoms with Gasteiger partial charge in [0.05, 0.1) is 18.1 Å². The maximum Gasteiger partial charge on any atom is 0.410 e. The molecule has 6 amide bonds. The number of nitrogens with zero attached hydrogens (tertiary/aromatic N) is 10. The Hall–Kier alpha value is -6.87. The molecule has 0 atom stereocenters. The largest absolute Gasteiger partial charge is 0.447 e. The molecule has 3 spiro atoms. The van der Waals surface area contributed by atoms with Gasteiger partial charge in [-0.25, -0.2) is 23.2 Å². The quantitative estimate of drug-likeness (QED) is 0.103. The second-order valence-electron chi connectivity index (χ2n) is 27.9. The topological polar surface area (TPSA) is 155 Å². The number of carbonyl (C=O) groups is 5. The lowest BCUT2D eigenvalue weighted by molar-refractivity contribution is -0.116. The van der Waals surface area contributed by atoms with Crippen molar-refractivity contribution in [2.45, 2.75) is 132 Å². The highest BCUT2D eigenvalue weighted by molar-refractivity contribution is 7.12. The third-order valence-electron chi connectivity index (χ3n) is 22.3. The van der Waals surface area contributed by atoms with Crippen LogP contribution in [0.4, 0.5) is 40.2 Å². The molecule has 0 N–H and O–H groups in total. The van der Waals surface area contributed by atoms with Gasteiger partial charge < -0.3 is 63.0 Å². The summed E-state index contributed by atoms with van der Waals surface area (Å²) < 4.78 is 49.1. The lowest BCUT2D eigenvalue weighted by Crippen LogP contribution is -2.52. The Morgan fingerprint density at radius 3 is 1.53 bits per heavy atom. The number of thiophene rings is 1. The molecule has 9 aliphatic rings. The van der Waals surface area contributed by atoms with E-state index in [2.05, 4.69) is 49.6 Å². The van der Waals surface area contributed by atoms with Gasteiger partial charge in [-0.1, -0.05) is 37.1 Å². The lowest BCUT2D eigenvalue weighted by Gasteiger charge is -2.45. The van der Waals surface area contributed by atoms with Gasteiger partial charge in [-0.2, -0.15) is 0 Å². The van der Waals surface area contributed by atoms with Gasteiger partial charge in [0, 0.05) is 159 Å². The molecule has 0 bridgehead atoms.